The number of rotatable bonds is 4. The van der Waals surface area contributed by atoms with Gasteiger partial charge in [0.05, 0.1) is 27.9 Å². The van der Waals surface area contributed by atoms with Crippen LogP contribution >= 0.6 is 0 Å². The molecule has 0 fully saturated rings. The molecule has 1 aromatic heterocycles. The van der Waals surface area contributed by atoms with E-state index in [1.165, 1.54) is 0 Å². The van der Waals surface area contributed by atoms with Gasteiger partial charge in [-0.25, -0.2) is 13.4 Å². The molecular formula is C17H19N3O2S. The third kappa shape index (κ3) is 3.07. The summed E-state index contributed by atoms with van der Waals surface area (Å²) in [5.41, 5.74) is 3.16. The Hall–Kier alpha value is -2.34. The average molecular weight is 329 g/mol. The van der Waals surface area contributed by atoms with Gasteiger partial charge < -0.3 is 4.57 Å². The van der Waals surface area contributed by atoms with Crippen LogP contribution in [-0.4, -0.2) is 18.0 Å². The Balaban J connectivity index is 1.95. The molecule has 0 amide bonds. The van der Waals surface area contributed by atoms with Crippen LogP contribution in [0.5, 0.6) is 0 Å². The molecule has 3 rings (SSSR count). The summed E-state index contributed by atoms with van der Waals surface area (Å²) in [5, 5.41) is 0. The van der Waals surface area contributed by atoms with Crippen molar-refractivity contribution in [2.45, 2.75) is 31.7 Å². The van der Waals surface area contributed by atoms with Crippen molar-refractivity contribution in [3.05, 3.63) is 54.4 Å². The molecule has 0 unspecified atom stereocenters. The molecule has 0 spiro atoms. The Kier molecular flexibility index (Phi) is 3.85. The lowest BCUT2D eigenvalue weighted by Gasteiger charge is -2.10. The van der Waals surface area contributed by atoms with Gasteiger partial charge in [0.1, 0.15) is 0 Å². The largest absolute Gasteiger partial charge is 0.328 e. The minimum atomic E-state index is -3.60. The molecule has 0 saturated heterocycles. The maximum Gasteiger partial charge on any atom is 0.261 e. The number of benzene rings is 2. The second kappa shape index (κ2) is 5.70. The number of fused-ring (bicyclic) bond motifs is 1. The van der Waals surface area contributed by atoms with E-state index in [2.05, 4.69) is 23.6 Å². The maximum atomic E-state index is 12.5. The van der Waals surface area contributed by atoms with Crippen molar-refractivity contribution in [3.8, 4) is 0 Å². The standard InChI is InChI=1S/C17H19N3O2S/c1-12(2)20-11-18-16-10-14(7-8-17(16)20)19-23(21,22)15-6-4-5-13(3)9-15/h4-12,19H,1-3H3. The molecule has 0 aliphatic carbocycles. The van der Waals surface area contributed by atoms with E-state index in [9.17, 15) is 8.42 Å². The SMILES string of the molecule is Cc1cccc(S(=O)(=O)Nc2ccc3c(c2)ncn3C(C)C)c1. The van der Waals surface area contributed by atoms with Gasteiger partial charge in [-0.1, -0.05) is 12.1 Å². The van der Waals surface area contributed by atoms with Crippen molar-refractivity contribution in [3.63, 3.8) is 0 Å². The molecule has 0 aliphatic heterocycles. The molecule has 6 heteroatoms. The minimum absolute atomic E-state index is 0.255. The molecule has 0 radical (unpaired) electrons. The van der Waals surface area contributed by atoms with Gasteiger partial charge in [-0.05, 0) is 56.7 Å². The highest BCUT2D eigenvalue weighted by Crippen LogP contribution is 2.23. The third-order valence-electron chi connectivity index (χ3n) is 3.68. The van der Waals surface area contributed by atoms with Crippen LogP contribution in [0.1, 0.15) is 25.5 Å². The van der Waals surface area contributed by atoms with E-state index in [0.717, 1.165) is 16.6 Å². The first-order chi connectivity index (χ1) is 10.9. The summed E-state index contributed by atoms with van der Waals surface area (Å²) in [6.45, 7) is 6.02. The van der Waals surface area contributed by atoms with Crippen molar-refractivity contribution in [1.82, 2.24) is 9.55 Å². The molecule has 3 aromatic rings. The Morgan fingerprint density at radius 3 is 2.61 bits per heavy atom. The number of anilines is 1. The average Bonchev–Trinajstić information content (AvgIpc) is 2.90. The smallest absolute Gasteiger partial charge is 0.261 e. The van der Waals surface area contributed by atoms with Gasteiger partial charge >= 0.3 is 0 Å². The van der Waals surface area contributed by atoms with Gasteiger partial charge in [-0.3, -0.25) is 4.72 Å². The van der Waals surface area contributed by atoms with Crippen LogP contribution in [0, 0.1) is 6.92 Å². The van der Waals surface area contributed by atoms with Gasteiger partial charge in [0.25, 0.3) is 10.0 Å². The molecule has 0 aliphatic rings. The molecule has 0 atom stereocenters. The summed E-state index contributed by atoms with van der Waals surface area (Å²) in [4.78, 5) is 4.60. The van der Waals surface area contributed by atoms with Crippen molar-refractivity contribution >= 4 is 26.7 Å². The fraction of sp³-hybridized carbons (Fsp3) is 0.235. The summed E-state index contributed by atoms with van der Waals surface area (Å²) in [6, 6.07) is 12.5. The molecule has 5 nitrogen and oxygen atoms in total. The summed E-state index contributed by atoms with van der Waals surface area (Å²) < 4.78 is 29.6. The van der Waals surface area contributed by atoms with Crippen molar-refractivity contribution < 1.29 is 8.42 Å². The number of sulfonamides is 1. The number of hydrogen-bond donors (Lipinski definition) is 1. The summed E-state index contributed by atoms with van der Waals surface area (Å²) >= 11 is 0. The third-order valence-corrected chi connectivity index (χ3v) is 5.06. The van der Waals surface area contributed by atoms with Crippen LogP contribution in [0.25, 0.3) is 11.0 Å². The quantitative estimate of drug-likeness (QED) is 0.793. The first-order valence-corrected chi connectivity index (χ1v) is 8.91. The highest BCUT2D eigenvalue weighted by atomic mass is 32.2. The van der Waals surface area contributed by atoms with Crippen LogP contribution < -0.4 is 4.72 Å². The van der Waals surface area contributed by atoms with E-state index < -0.39 is 10.0 Å². The predicted molar refractivity (Wildman–Crippen MR) is 92.1 cm³/mol. The molecule has 120 valence electrons. The monoisotopic (exact) mass is 329 g/mol. The van der Waals surface area contributed by atoms with Crippen LogP contribution in [0.2, 0.25) is 0 Å². The number of nitrogens with one attached hydrogen (secondary N) is 1. The highest BCUT2D eigenvalue weighted by Gasteiger charge is 2.15. The summed E-state index contributed by atoms with van der Waals surface area (Å²) in [7, 11) is -3.60. The van der Waals surface area contributed by atoms with E-state index >= 15 is 0 Å². The van der Waals surface area contributed by atoms with Gasteiger partial charge in [0, 0.05) is 6.04 Å². The molecule has 2 aromatic carbocycles. The van der Waals surface area contributed by atoms with Crippen LogP contribution in [-0.2, 0) is 10.0 Å². The maximum absolute atomic E-state index is 12.5. The van der Waals surface area contributed by atoms with E-state index in [0.29, 0.717) is 11.7 Å². The topological polar surface area (TPSA) is 64.0 Å². The summed E-state index contributed by atoms with van der Waals surface area (Å²) in [6.07, 6.45) is 1.77. The molecule has 1 N–H and O–H groups in total. The zero-order chi connectivity index (χ0) is 16.6. The number of imidazole rings is 1. The van der Waals surface area contributed by atoms with E-state index in [-0.39, 0.29) is 4.90 Å². The van der Waals surface area contributed by atoms with Gasteiger partial charge in [0.15, 0.2) is 0 Å². The number of aromatic nitrogens is 2. The molecule has 0 bridgehead atoms. The van der Waals surface area contributed by atoms with Crippen LogP contribution in [0.4, 0.5) is 5.69 Å². The molecule has 23 heavy (non-hydrogen) atoms. The van der Waals surface area contributed by atoms with Crippen LogP contribution in [0.3, 0.4) is 0 Å². The van der Waals surface area contributed by atoms with Crippen molar-refractivity contribution in [1.29, 1.82) is 0 Å². The zero-order valence-electron chi connectivity index (χ0n) is 13.3. The first-order valence-electron chi connectivity index (χ1n) is 7.43. The Labute approximate surface area is 136 Å². The lowest BCUT2D eigenvalue weighted by Crippen LogP contribution is -2.13. The number of nitrogens with zero attached hydrogens (tertiary/aromatic N) is 2. The normalized spacial score (nSPS) is 12.0. The van der Waals surface area contributed by atoms with Gasteiger partial charge in [-0.15, -0.1) is 0 Å². The van der Waals surface area contributed by atoms with Crippen molar-refractivity contribution in [2.75, 3.05) is 4.72 Å². The van der Waals surface area contributed by atoms with Crippen molar-refractivity contribution in [2.24, 2.45) is 0 Å². The van der Waals surface area contributed by atoms with Gasteiger partial charge in [-0.2, -0.15) is 0 Å². The number of hydrogen-bond acceptors (Lipinski definition) is 3. The van der Waals surface area contributed by atoms with E-state index in [1.807, 2.05) is 23.6 Å². The molecule has 0 saturated carbocycles. The second-order valence-corrected chi connectivity index (χ2v) is 7.55. The Bertz CT molecular complexity index is 959. The summed E-state index contributed by atoms with van der Waals surface area (Å²) in [5.74, 6) is 0. The number of aryl methyl sites for hydroxylation is 1. The van der Waals surface area contributed by atoms with Gasteiger partial charge in [0.2, 0.25) is 0 Å². The predicted octanol–water partition coefficient (Wildman–Crippen LogP) is 3.73. The Morgan fingerprint density at radius 2 is 1.91 bits per heavy atom. The lowest BCUT2D eigenvalue weighted by atomic mass is 10.2. The lowest BCUT2D eigenvalue weighted by molar-refractivity contribution is 0.601. The fourth-order valence-corrected chi connectivity index (χ4v) is 3.66. The Morgan fingerprint density at radius 1 is 1.13 bits per heavy atom. The fourth-order valence-electron chi connectivity index (χ4n) is 2.50. The minimum Gasteiger partial charge on any atom is -0.328 e. The highest BCUT2D eigenvalue weighted by molar-refractivity contribution is 7.92. The molecular weight excluding hydrogens is 310 g/mol. The first kappa shape index (κ1) is 15.6. The van der Waals surface area contributed by atoms with E-state index in [1.54, 1.807) is 36.7 Å². The molecule has 1 heterocycles. The van der Waals surface area contributed by atoms with Crippen LogP contribution in [0.15, 0.2) is 53.7 Å². The zero-order valence-corrected chi connectivity index (χ0v) is 14.1. The second-order valence-electron chi connectivity index (χ2n) is 5.87. The van der Waals surface area contributed by atoms with E-state index in [4.69, 9.17) is 0 Å².